The Morgan fingerprint density at radius 2 is 1.93 bits per heavy atom. The Hall–Kier alpha value is -2.28. The first-order valence-electron chi connectivity index (χ1n) is 10.2. The number of hydrogen-bond acceptors (Lipinski definition) is 5. The predicted octanol–water partition coefficient (Wildman–Crippen LogP) is 4.28. The number of fused-ring (bicyclic) bond motifs is 1. The van der Waals surface area contributed by atoms with Crippen LogP contribution in [0, 0.1) is 13.8 Å². The molecule has 0 spiro atoms. The van der Waals surface area contributed by atoms with Crippen molar-refractivity contribution >= 4 is 32.6 Å². The number of benzene rings is 2. The zero-order valence-electron chi connectivity index (χ0n) is 17.1. The molecule has 0 bridgehead atoms. The molecule has 1 amide bonds. The van der Waals surface area contributed by atoms with E-state index in [1.54, 1.807) is 11.3 Å². The summed E-state index contributed by atoms with van der Waals surface area (Å²) in [5.41, 5.74) is 3.96. The van der Waals surface area contributed by atoms with Gasteiger partial charge >= 0.3 is 0 Å². The van der Waals surface area contributed by atoms with Crippen LogP contribution in [0.1, 0.15) is 27.9 Å². The van der Waals surface area contributed by atoms with E-state index < -0.39 is 0 Å². The maximum absolute atomic E-state index is 13.4. The minimum Gasteiger partial charge on any atom is -0.379 e. The summed E-state index contributed by atoms with van der Waals surface area (Å²) in [6.45, 7) is 9.23. The van der Waals surface area contributed by atoms with Gasteiger partial charge in [0, 0.05) is 31.7 Å². The van der Waals surface area contributed by atoms with E-state index in [0.717, 1.165) is 60.2 Å². The molecule has 5 nitrogen and oxygen atoms in total. The van der Waals surface area contributed by atoms with Crippen LogP contribution in [-0.4, -0.2) is 55.2 Å². The molecular weight excluding hydrogens is 382 g/mol. The van der Waals surface area contributed by atoms with Gasteiger partial charge in [-0.15, -0.1) is 0 Å². The van der Waals surface area contributed by atoms with Gasteiger partial charge in [-0.3, -0.25) is 14.6 Å². The van der Waals surface area contributed by atoms with E-state index in [1.807, 2.05) is 42.2 Å². The van der Waals surface area contributed by atoms with Crippen LogP contribution in [0.3, 0.4) is 0 Å². The van der Waals surface area contributed by atoms with E-state index in [9.17, 15) is 4.79 Å². The molecule has 0 unspecified atom stereocenters. The summed E-state index contributed by atoms with van der Waals surface area (Å²) in [6, 6.07) is 14.0. The molecule has 1 fully saturated rings. The van der Waals surface area contributed by atoms with Gasteiger partial charge in [0.2, 0.25) is 0 Å². The van der Waals surface area contributed by atoms with Gasteiger partial charge in [-0.1, -0.05) is 35.1 Å². The second kappa shape index (κ2) is 9.03. The van der Waals surface area contributed by atoms with E-state index in [0.29, 0.717) is 12.1 Å². The first-order valence-corrected chi connectivity index (χ1v) is 11.0. The summed E-state index contributed by atoms with van der Waals surface area (Å²) in [4.78, 5) is 22.4. The predicted molar refractivity (Wildman–Crippen MR) is 119 cm³/mol. The third-order valence-corrected chi connectivity index (χ3v) is 6.27. The lowest BCUT2D eigenvalue weighted by Crippen LogP contribution is -2.39. The molecule has 0 saturated carbocycles. The Morgan fingerprint density at radius 3 is 2.72 bits per heavy atom. The number of ether oxygens (including phenoxy) is 1. The highest BCUT2D eigenvalue weighted by Gasteiger charge is 2.22. The van der Waals surface area contributed by atoms with E-state index >= 15 is 0 Å². The molecule has 0 atom stereocenters. The maximum Gasteiger partial charge on any atom is 0.260 e. The molecule has 0 radical (unpaired) electrons. The number of aryl methyl sites for hydroxylation is 2. The molecule has 2 aromatic carbocycles. The molecular formula is C23H27N3O2S. The van der Waals surface area contributed by atoms with Gasteiger partial charge in [-0.25, -0.2) is 4.98 Å². The van der Waals surface area contributed by atoms with Crippen LogP contribution in [0.15, 0.2) is 42.5 Å². The van der Waals surface area contributed by atoms with Crippen molar-refractivity contribution in [3.63, 3.8) is 0 Å². The highest BCUT2D eigenvalue weighted by Crippen LogP contribution is 2.30. The van der Waals surface area contributed by atoms with Gasteiger partial charge < -0.3 is 4.74 Å². The molecule has 1 aliphatic rings. The third kappa shape index (κ3) is 4.83. The summed E-state index contributed by atoms with van der Waals surface area (Å²) in [6.07, 6.45) is 0.909. The van der Waals surface area contributed by atoms with Crippen LogP contribution >= 0.6 is 11.3 Å². The minimum absolute atomic E-state index is 0.0199. The number of carbonyl (C=O) groups is 1. The van der Waals surface area contributed by atoms with Crippen LogP contribution < -0.4 is 4.90 Å². The van der Waals surface area contributed by atoms with Crippen LogP contribution in [0.4, 0.5) is 5.13 Å². The van der Waals surface area contributed by atoms with Gasteiger partial charge in [0.15, 0.2) is 5.13 Å². The summed E-state index contributed by atoms with van der Waals surface area (Å²) < 4.78 is 6.55. The molecule has 1 saturated heterocycles. The summed E-state index contributed by atoms with van der Waals surface area (Å²) in [5.74, 6) is 0.0199. The average Bonchev–Trinajstić information content (AvgIpc) is 3.14. The summed E-state index contributed by atoms with van der Waals surface area (Å²) in [7, 11) is 0. The smallest absolute Gasteiger partial charge is 0.260 e. The fourth-order valence-corrected chi connectivity index (χ4v) is 4.72. The van der Waals surface area contributed by atoms with E-state index in [4.69, 9.17) is 9.72 Å². The molecule has 3 aromatic rings. The van der Waals surface area contributed by atoms with Crippen LogP contribution in [0.25, 0.3) is 10.2 Å². The molecule has 152 valence electrons. The first-order chi connectivity index (χ1) is 14.1. The quantitative estimate of drug-likeness (QED) is 0.610. The lowest BCUT2D eigenvalue weighted by Gasteiger charge is -2.27. The number of amides is 1. The van der Waals surface area contributed by atoms with Crippen molar-refractivity contribution in [2.75, 3.05) is 44.3 Å². The van der Waals surface area contributed by atoms with E-state index in [1.165, 1.54) is 5.56 Å². The number of morpholine rings is 1. The van der Waals surface area contributed by atoms with E-state index in [2.05, 4.69) is 24.0 Å². The summed E-state index contributed by atoms with van der Waals surface area (Å²) in [5, 5.41) is 0.777. The van der Waals surface area contributed by atoms with Gasteiger partial charge in [0.05, 0.1) is 23.4 Å². The Morgan fingerprint density at radius 1 is 1.14 bits per heavy atom. The number of hydrogen-bond donors (Lipinski definition) is 0. The second-order valence-corrected chi connectivity index (χ2v) is 8.61. The van der Waals surface area contributed by atoms with Crippen molar-refractivity contribution < 1.29 is 9.53 Å². The maximum atomic E-state index is 13.4. The number of rotatable bonds is 6. The Balaban J connectivity index is 1.57. The fourth-order valence-electron chi connectivity index (χ4n) is 3.63. The van der Waals surface area contributed by atoms with Crippen molar-refractivity contribution in [3.8, 4) is 0 Å². The fraction of sp³-hybridized carbons (Fsp3) is 0.391. The van der Waals surface area contributed by atoms with Crippen LogP contribution in [-0.2, 0) is 4.74 Å². The van der Waals surface area contributed by atoms with Gasteiger partial charge in [0.25, 0.3) is 5.91 Å². The van der Waals surface area contributed by atoms with Crippen molar-refractivity contribution in [1.29, 1.82) is 0 Å². The number of thiazole rings is 1. The van der Waals surface area contributed by atoms with Crippen molar-refractivity contribution in [2.45, 2.75) is 20.3 Å². The average molecular weight is 410 g/mol. The standard InChI is InChI=1S/C23H27N3O2S/c1-17-5-3-6-19(15-17)22(27)26(10-4-9-25-11-13-28-14-12-25)23-24-20-8-7-18(2)16-21(20)29-23/h3,5-8,15-16H,4,9-14H2,1-2H3. The minimum atomic E-state index is 0.0199. The Kier molecular flexibility index (Phi) is 6.23. The number of carbonyl (C=O) groups excluding carboxylic acids is 1. The Labute approximate surface area is 175 Å². The molecule has 1 aromatic heterocycles. The topological polar surface area (TPSA) is 45.7 Å². The second-order valence-electron chi connectivity index (χ2n) is 7.60. The van der Waals surface area contributed by atoms with E-state index in [-0.39, 0.29) is 5.91 Å². The van der Waals surface area contributed by atoms with Crippen molar-refractivity contribution in [3.05, 3.63) is 59.2 Å². The summed E-state index contributed by atoms with van der Waals surface area (Å²) >= 11 is 1.59. The molecule has 1 aliphatic heterocycles. The zero-order valence-corrected chi connectivity index (χ0v) is 17.9. The van der Waals surface area contributed by atoms with Gasteiger partial charge in [-0.2, -0.15) is 0 Å². The van der Waals surface area contributed by atoms with Crippen LogP contribution in [0.5, 0.6) is 0 Å². The van der Waals surface area contributed by atoms with Crippen LogP contribution in [0.2, 0.25) is 0 Å². The zero-order chi connectivity index (χ0) is 20.2. The highest BCUT2D eigenvalue weighted by atomic mass is 32.1. The van der Waals surface area contributed by atoms with Gasteiger partial charge in [0.1, 0.15) is 0 Å². The molecule has 6 heteroatoms. The molecule has 2 heterocycles. The number of anilines is 1. The lowest BCUT2D eigenvalue weighted by atomic mass is 10.1. The first kappa shape index (κ1) is 20.0. The lowest BCUT2D eigenvalue weighted by molar-refractivity contribution is 0.0376. The monoisotopic (exact) mass is 409 g/mol. The van der Waals surface area contributed by atoms with Crippen molar-refractivity contribution in [1.82, 2.24) is 9.88 Å². The number of aromatic nitrogens is 1. The SMILES string of the molecule is Cc1cccc(C(=O)N(CCCN2CCOCC2)c2nc3ccc(C)cc3s2)c1. The molecule has 0 N–H and O–H groups in total. The molecule has 29 heavy (non-hydrogen) atoms. The number of nitrogens with zero attached hydrogens (tertiary/aromatic N) is 3. The van der Waals surface area contributed by atoms with Crippen molar-refractivity contribution in [2.24, 2.45) is 0 Å². The third-order valence-electron chi connectivity index (χ3n) is 5.23. The van der Waals surface area contributed by atoms with Gasteiger partial charge in [-0.05, 0) is 50.1 Å². The molecule has 0 aliphatic carbocycles. The highest BCUT2D eigenvalue weighted by molar-refractivity contribution is 7.22. The Bertz CT molecular complexity index is 995. The molecule has 4 rings (SSSR count). The normalized spacial score (nSPS) is 15.0. The largest absolute Gasteiger partial charge is 0.379 e.